The normalized spacial score (nSPS) is 20.4. The van der Waals surface area contributed by atoms with Gasteiger partial charge in [-0.1, -0.05) is 36.4 Å². The number of hydrogen-bond acceptors (Lipinski definition) is 4. The molecule has 1 amide bonds. The van der Waals surface area contributed by atoms with E-state index in [1.807, 2.05) is 48.7 Å². The topological polar surface area (TPSA) is 58.2 Å². The Labute approximate surface area is 195 Å². The van der Waals surface area contributed by atoms with E-state index in [2.05, 4.69) is 16.7 Å². The molecule has 2 heterocycles. The van der Waals surface area contributed by atoms with E-state index in [0.29, 0.717) is 23.3 Å². The molecule has 2 aromatic carbocycles. The number of allylic oxidation sites excluding steroid dienone is 3. The van der Waals surface area contributed by atoms with E-state index in [1.165, 1.54) is 29.1 Å². The summed E-state index contributed by atoms with van der Waals surface area (Å²) < 4.78 is 13.3. The Morgan fingerprint density at radius 1 is 1.03 bits per heavy atom. The Morgan fingerprint density at radius 2 is 1.79 bits per heavy atom. The number of ketones is 1. The van der Waals surface area contributed by atoms with Gasteiger partial charge in [0.2, 0.25) is 0 Å². The number of carbonyl (C=O) groups excluding carboxylic acids is 2. The first kappa shape index (κ1) is 21.3. The second kappa shape index (κ2) is 8.79. The number of halogens is 1. The Kier molecular flexibility index (Phi) is 5.68. The van der Waals surface area contributed by atoms with Crippen molar-refractivity contribution in [3.8, 4) is 0 Å². The fraction of sp³-hybridized carbons (Fsp3) is 0.185. The molecule has 0 fully saturated rings. The van der Waals surface area contributed by atoms with Gasteiger partial charge >= 0.3 is 0 Å². The van der Waals surface area contributed by atoms with E-state index in [9.17, 15) is 14.0 Å². The molecule has 0 bridgehead atoms. The third kappa shape index (κ3) is 4.14. The molecular weight excluding hydrogens is 435 g/mol. The van der Waals surface area contributed by atoms with Gasteiger partial charge in [-0.3, -0.25) is 9.59 Å². The zero-order chi connectivity index (χ0) is 22.9. The Morgan fingerprint density at radius 3 is 2.48 bits per heavy atom. The SMILES string of the molecule is CC1=C(C(=O)Nc2ccc(F)cc2)[C@H](c2ccccc2)C2=C(C[C@H](c3cccs3)CC2=O)N1. The van der Waals surface area contributed by atoms with Crippen LogP contribution in [-0.4, -0.2) is 11.7 Å². The summed E-state index contributed by atoms with van der Waals surface area (Å²) in [6.07, 6.45) is 1.16. The van der Waals surface area contributed by atoms with Gasteiger partial charge < -0.3 is 10.6 Å². The number of hydrogen-bond donors (Lipinski definition) is 2. The minimum atomic E-state index is -0.459. The lowest BCUT2D eigenvalue weighted by Crippen LogP contribution is -2.37. The standard InChI is InChI=1S/C27H23FN2O2S/c1-16-24(27(32)30-20-11-9-19(28)10-12-20)25(17-6-3-2-4-7-17)26-21(29-16)14-18(15-22(26)31)23-8-5-13-33-23/h2-13,18,25,29H,14-15H2,1H3,(H,30,32)/t18-,25-/m0/s1. The fourth-order valence-electron chi connectivity index (χ4n) is 4.78. The maximum Gasteiger partial charge on any atom is 0.254 e. The van der Waals surface area contributed by atoms with Crippen LogP contribution in [0.3, 0.4) is 0 Å². The molecule has 0 spiro atoms. The van der Waals surface area contributed by atoms with Crippen molar-refractivity contribution in [2.75, 3.05) is 5.32 Å². The number of anilines is 1. The number of amides is 1. The average Bonchev–Trinajstić information content (AvgIpc) is 3.35. The molecule has 5 rings (SSSR count). The minimum Gasteiger partial charge on any atom is -0.362 e. The van der Waals surface area contributed by atoms with Gasteiger partial charge in [0.25, 0.3) is 5.91 Å². The van der Waals surface area contributed by atoms with Crippen LogP contribution in [0.1, 0.15) is 42.0 Å². The molecule has 2 N–H and O–H groups in total. The van der Waals surface area contributed by atoms with E-state index in [-0.39, 0.29) is 23.4 Å². The lowest BCUT2D eigenvalue weighted by Gasteiger charge is -2.36. The maximum atomic E-state index is 13.5. The summed E-state index contributed by atoms with van der Waals surface area (Å²) in [6, 6.07) is 19.4. The molecule has 6 heteroatoms. The van der Waals surface area contributed by atoms with Crippen molar-refractivity contribution in [3.05, 3.63) is 111 Å². The highest BCUT2D eigenvalue weighted by atomic mass is 32.1. The Bertz CT molecular complexity index is 1260. The van der Waals surface area contributed by atoms with Gasteiger partial charge in [-0.05, 0) is 54.6 Å². The lowest BCUT2D eigenvalue weighted by molar-refractivity contribution is -0.116. The van der Waals surface area contributed by atoms with E-state index in [1.54, 1.807) is 11.3 Å². The quantitative estimate of drug-likeness (QED) is 0.513. The van der Waals surface area contributed by atoms with Crippen LogP contribution in [0.5, 0.6) is 0 Å². The Balaban J connectivity index is 1.54. The summed E-state index contributed by atoms with van der Waals surface area (Å²) in [6.45, 7) is 1.87. The third-order valence-electron chi connectivity index (χ3n) is 6.25. The van der Waals surface area contributed by atoms with Crippen LogP contribution in [0.25, 0.3) is 0 Å². The molecule has 33 heavy (non-hydrogen) atoms. The molecular formula is C27H23FN2O2S. The van der Waals surface area contributed by atoms with Gasteiger partial charge in [-0.15, -0.1) is 11.3 Å². The van der Waals surface area contributed by atoms with Crippen LogP contribution >= 0.6 is 11.3 Å². The van der Waals surface area contributed by atoms with Crippen LogP contribution in [-0.2, 0) is 9.59 Å². The van der Waals surface area contributed by atoms with Crippen LogP contribution < -0.4 is 10.6 Å². The number of dihydropyridines is 1. The molecule has 0 radical (unpaired) electrons. The van der Waals surface area contributed by atoms with E-state index in [0.717, 1.165) is 23.4 Å². The van der Waals surface area contributed by atoms with Gasteiger partial charge in [0.1, 0.15) is 5.82 Å². The van der Waals surface area contributed by atoms with Crippen molar-refractivity contribution in [1.29, 1.82) is 0 Å². The molecule has 2 atom stereocenters. The number of Topliss-reactive ketones (excluding diaryl/α,β-unsaturated/α-hetero) is 1. The predicted molar refractivity (Wildman–Crippen MR) is 128 cm³/mol. The summed E-state index contributed by atoms with van der Waals surface area (Å²) in [5.41, 5.74) is 4.20. The summed E-state index contributed by atoms with van der Waals surface area (Å²) >= 11 is 1.67. The minimum absolute atomic E-state index is 0.0654. The molecule has 4 nitrogen and oxygen atoms in total. The van der Waals surface area contributed by atoms with Crippen molar-refractivity contribution >= 4 is 28.7 Å². The van der Waals surface area contributed by atoms with Crippen LogP contribution in [0.15, 0.2) is 94.7 Å². The molecule has 2 aliphatic rings. The van der Waals surface area contributed by atoms with Gasteiger partial charge in [-0.25, -0.2) is 4.39 Å². The second-order valence-corrected chi connectivity index (χ2v) is 9.38. The molecule has 0 saturated heterocycles. The molecule has 1 aliphatic heterocycles. The fourth-order valence-corrected chi connectivity index (χ4v) is 5.61. The zero-order valence-corrected chi connectivity index (χ0v) is 18.9. The zero-order valence-electron chi connectivity index (χ0n) is 18.1. The van der Waals surface area contributed by atoms with E-state index in [4.69, 9.17) is 0 Å². The van der Waals surface area contributed by atoms with Crippen LogP contribution in [0.2, 0.25) is 0 Å². The maximum absolute atomic E-state index is 13.5. The van der Waals surface area contributed by atoms with Crippen molar-refractivity contribution in [3.63, 3.8) is 0 Å². The summed E-state index contributed by atoms with van der Waals surface area (Å²) in [7, 11) is 0. The number of carbonyl (C=O) groups is 2. The first-order valence-corrected chi connectivity index (χ1v) is 11.8. The highest BCUT2D eigenvalue weighted by Crippen LogP contribution is 2.46. The largest absolute Gasteiger partial charge is 0.362 e. The molecule has 0 saturated carbocycles. The molecule has 3 aromatic rings. The van der Waals surface area contributed by atoms with Gasteiger partial charge in [0, 0.05) is 51.4 Å². The molecule has 166 valence electrons. The first-order chi connectivity index (χ1) is 16.0. The number of nitrogens with one attached hydrogen (secondary N) is 2. The summed E-state index contributed by atoms with van der Waals surface area (Å²) in [4.78, 5) is 28.1. The van der Waals surface area contributed by atoms with Crippen molar-refractivity contribution in [2.24, 2.45) is 0 Å². The molecule has 1 aliphatic carbocycles. The van der Waals surface area contributed by atoms with Crippen molar-refractivity contribution in [1.82, 2.24) is 5.32 Å². The van der Waals surface area contributed by atoms with E-state index < -0.39 is 5.92 Å². The second-order valence-electron chi connectivity index (χ2n) is 8.40. The molecule has 0 unspecified atom stereocenters. The van der Waals surface area contributed by atoms with Crippen molar-refractivity contribution < 1.29 is 14.0 Å². The average molecular weight is 459 g/mol. The van der Waals surface area contributed by atoms with E-state index >= 15 is 0 Å². The Hall–Kier alpha value is -3.51. The number of thiophene rings is 1. The van der Waals surface area contributed by atoms with Gasteiger partial charge in [0.15, 0.2) is 5.78 Å². The van der Waals surface area contributed by atoms with Crippen molar-refractivity contribution in [2.45, 2.75) is 31.6 Å². The van der Waals surface area contributed by atoms with Crippen LogP contribution in [0.4, 0.5) is 10.1 Å². The lowest BCUT2D eigenvalue weighted by atomic mass is 9.72. The summed E-state index contributed by atoms with van der Waals surface area (Å²) in [5, 5.41) is 8.30. The van der Waals surface area contributed by atoms with Gasteiger partial charge in [-0.2, -0.15) is 0 Å². The highest BCUT2D eigenvalue weighted by molar-refractivity contribution is 7.10. The number of rotatable bonds is 4. The van der Waals surface area contributed by atoms with Crippen LogP contribution in [0, 0.1) is 5.82 Å². The highest BCUT2D eigenvalue weighted by Gasteiger charge is 2.41. The summed E-state index contributed by atoms with van der Waals surface area (Å²) in [5.74, 6) is -0.925. The monoisotopic (exact) mass is 458 g/mol. The molecule has 1 aromatic heterocycles. The third-order valence-corrected chi connectivity index (χ3v) is 7.29. The van der Waals surface area contributed by atoms with Gasteiger partial charge in [0.05, 0.1) is 0 Å². The number of benzene rings is 2. The first-order valence-electron chi connectivity index (χ1n) is 10.9. The smallest absolute Gasteiger partial charge is 0.254 e. The predicted octanol–water partition coefficient (Wildman–Crippen LogP) is 5.89.